The van der Waals surface area contributed by atoms with E-state index >= 15 is 4.79 Å². The summed E-state index contributed by atoms with van der Waals surface area (Å²) in [5, 5.41) is 1.85. The highest BCUT2D eigenvalue weighted by Gasteiger charge is 2.39. The SMILES string of the molecule is O=C1c2ccc3c(=O)n4c(Cc5nc6ccccc6n5-c5ccccc5)c(-c5nc6ccccc6n5-c5ccccc5)nc4c4ccc(c2c34)C(=O)N1c1nc2ccccc2n1-c1ccccc1. The van der Waals surface area contributed by atoms with Gasteiger partial charge in [-0.25, -0.2) is 24.8 Å². The average Bonchev–Trinajstić information content (AvgIpc) is 4.16. The summed E-state index contributed by atoms with van der Waals surface area (Å²) >= 11 is 0. The topological polar surface area (TPSA) is 125 Å². The van der Waals surface area contributed by atoms with Crippen molar-refractivity contribution in [3.05, 3.63) is 221 Å². The first-order valence-electron chi connectivity index (χ1n) is 22.2. The lowest BCUT2D eigenvalue weighted by Gasteiger charge is -2.27. The molecule has 14 rings (SSSR count). The van der Waals surface area contributed by atoms with E-state index in [4.69, 9.17) is 19.9 Å². The normalized spacial score (nSPS) is 12.9. The predicted molar refractivity (Wildman–Crippen MR) is 264 cm³/mol. The van der Waals surface area contributed by atoms with Crippen LogP contribution in [0.2, 0.25) is 0 Å². The highest BCUT2D eigenvalue weighted by atomic mass is 16.2. The van der Waals surface area contributed by atoms with E-state index in [1.165, 1.54) is 0 Å². The van der Waals surface area contributed by atoms with Crippen molar-refractivity contribution < 1.29 is 9.59 Å². The Labute approximate surface area is 385 Å². The third-order valence-corrected chi connectivity index (χ3v) is 13.2. The molecule has 12 nitrogen and oxygen atoms in total. The largest absolute Gasteiger partial charge is 0.296 e. The van der Waals surface area contributed by atoms with E-state index in [9.17, 15) is 9.59 Å². The molecule has 5 aromatic heterocycles. The summed E-state index contributed by atoms with van der Waals surface area (Å²) < 4.78 is 7.71. The van der Waals surface area contributed by atoms with Gasteiger partial charge in [0, 0.05) is 56.2 Å². The molecule has 8 aromatic carbocycles. The molecule has 12 heteroatoms. The van der Waals surface area contributed by atoms with Crippen molar-refractivity contribution in [1.29, 1.82) is 0 Å². The van der Waals surface area contributed by atoms with Crippen LogP contribution in [-0.2, 0) is 6.42 Å². The number of benzene rings is 8. The minimum absolute atomic E-state index is 0.176. The van der Waals surface area contributed by atoms with Crippen LogP contribution in [0.4, 0.5) is 5.95 Å². The van der Waals surface area contributed by atoms with Gasteiger partial charge in [-0.15, -0.1) is 0 Å². The molecule has 0 atom stereocenters. The number of nitrogens with zero attached hydrogens (tertiary/aromatic N) is 9. The van der Waals surface area contributed by atoms with Gasteiger partial charge in [0.2, 0.25) is 5.95 Å². The Hall–Kier alpha value is -9.55. The maximum absolute atomic E-state index is 15.6. The van der Waals surface area contributed by atoms with E-state index in [-0.39, 0.29) is 29.1 Å². The first kappa shape index (κ1) is 37.8. The molecule has 1 aliphatic rings. The van der Waals surface area contributed by atoms with Gasteiger partial charge in [0.1, 0.15) is 17.2 Å². The summed E-state index contributed by atoms with van der Waals surface area (Å²) in [5.74, 6) is 0.335. The third kappa shape index (κ3) is 5.27. The van der Waals surface area contributed by atoms with Gasteiger partial charge < -0.3 is 0 Å². The lowest BCUT2D eigenvalue weighted by Crippen LogP contribution is -2.42. The summed E-state index contributed by atoms with van der Waals surface area (Å²) in [6, 6.07) is 60.0. The molecule has 0 saturated carbocycles. The zero-order valence-corrected chi connectivity index (χ0v) is 35.9. The summed E-state index contributed by atoms with van der Waals surface area (Å²) in [4.78, 5) is 67.4. The summed E-state index contributed by atoms with van der Waals surface area (Å²) in [5.41, 5.74) is 8.95. The standard InChI is InChI=1S/C56H33N9O3/c66-53-37-30-31-39-49-38(54(67)65(55(39)68)56-59-42-24-12-15-27-45(42)63(56)35-20-8-3-9-21-35)29-28-36(48(37)49)51-60-50(52-58-41-23-11-14-26-44(41)62(52)34-18-6-2-7-19-34)46(64(51)53)32-47-57-40-22-10-13-25-43(40)61(47)33-16-4-1-5-17-33/h1-31H,32H2. The molecule has 0 unspecified atom stereocenters. The number of imide groups is 1. The van der Waals surface area contributed by atoms with Crippen LogP contribution < -0.4 is 10.5 Å². The van der Waals surface area contributed by atoms with Crippen LogP contribution >= 0.6 is 0 Å². The van der Waals surface area contributed by atoms with Gasteiger partial charge in [-0.2, -0.15) is 0 Å². The smallest absolute Gasteiger partial charge is 0.268 e. The summed E-state index contributed by atoms with van der Waals surface area (Å²) in [7, 11) is 0. The van der Waals surface area contributed by atoms with Crippen LogP contribution in [0.25, 0.3) is 88.9 Å². The number of anilines is 1. The Morgan fingerprint density at radius 2 is 0.897 bits per heavy atom. The number of rotatable bonds is 7. The fraction of sp³-hybridized carbons (Fsp3) is 0.0179. The van der Waals surface area contributed by atoms with E-state index < -0.39 is 11.8 Å². The highest BCUT2D eigenvalue weighted by Crippen LogP contribution is 2.41. The number of imidazole rings is 4. The van der Waals surface area contributed by atoms with E-state index in [0.717, 1.165) is 49.5 Å². The fourth-order valence-corrected chi connectivity index (χ4v) is 10.3. The van der Waals surface area contributed by atoms with Gasteiger partial charge in [0.15, 0.2) is 5.82 Å². The maximum Gasteiger partial charge on any atom is 0.268 e. The van der Waals surface area contributed by atoms with Crippen molar-refractivity contribution in [2.75, 3.05) is 4.90 Å². The molecule has 0 bridgehead atoms. The molecule has 0 saturated heterocycles. The number of carbonyl (C=O) groups is 2. The molecule has 68 heavy (non-hydrogen) atoms. The van der Waals surface area contributed by atoms with Gasteiger partial charge in [-0.3, -0.25) is 32.5 Å². The monoisotopic (exact) mass is 879 g/mol. The third-order valence-electron chi connectivity index (χ3n) is 13.2. The maximum atomic E-state index is 15.6. The highest BCUT2D eigenvalue weighted by molar-refractivity contribution is 6.38. The van der Waals surface area contributed by atoms with Crippen molar-refractivity contribution in [2.45, 2.75) is 6.42 Å². The lowest BCUT2D eigenvalue weighted by molar-refractivity contribution is 0.0891. The van der Waals surface area contributed by atoms with Gasteiger partial charge in [-0.1, -0.05) is 91.0 Å². The Balaban J connectivity index is 1.04. The first-order valence-corrected chi connectivity index (χ1v) is 22.2. The average molecular weight is 880 g/mol. The van der Waals surface area contributed by atoms with Crippen molar-refractivity contribution in [3.8, 4) is 28.6 Å². The van der Waals surface area contributed by atoms with Gasteiger partial charge in [0.05, 0.1) is 38.8 Å². The molecule has 320 valence electrons. The van der Waals surface area contributed by atoms with E-state index in [1.807, 2.05) is 174 Å². The molecule has 0 N–H and O–H groups in total. The molecule has 6 heterocycles. The zero-order chi connectivity index (χ0) is 45.2. The Morgan fingerprint density at radius 3 is 1.51 bits per heavy atom. The minimum Gasteiger partial charge on any atom is -0.296 e. The number of para-hydroxylation sites is 9. The van der Waals surface area contributed by atoms with Gasteiger partial charge in [0.25, 0.3) is 17.4 Å². The van der Waals surface area contributed by atoms with Crippen LogP contribution in [0.1, 0.15) is 32.2 Å². The zero-order valence-electron chi connectivity index (χ0n) is 35.9. The number of hydrogen-bond donors (Lipinski definition) is 0. The van der Waals surface area contributed by atoms with Crippen molar-refractivity contribution in [2.24, 2.45) is 0 Å². The molecule has 1 aliphatic heterocycles. The number of carbonyl (C=O) groups excluding carboxylic acids is 2. The van der Waals surface area contributed by atoms with Gasteiger partial charge in [-0.05, 0) is 97.1 Å². The first-order chi connectivity index (χ1) is 33.5. The second-order valence-electron chi connectivity index (χ2n) is 16.9. The Kier molecular flexibility index (Phi) is 7.90. The quantitative estimate of drug-likeness (QED) is 0.146. The molecule has 0 spiro atoms. The Morgan fingerprint density at radius 1 is 0.412 bits per heavy atom. The molecule has 2 amide bonds. The van der Waals surface area contributed by atoms with Crippen LogP contribution in [0, 0.1) is 0 Å². The van der Waals surface area contributed by atoms with E-state index in [2.05, 4.69) is 9.13 Å². The summed E-state index contributed by atoms with van der Waals surface area (Å²) in [6.45, 7) is 0. The van der Waals surface area contributed by atoms with Crippen molar-refractivity contribution in [3.63, 3.8) is 0 Å². The van der Waals surface area contributed by atoms with Crippen LogP contribution in [0.5, 0.6) is 0 Å². The number of hydrogen-bond acceptors (Lipinski definition) is 7. The number of fused-ring (bicyclic) bond motifs is 5. The molecular weight excluding hydrogens is 847 g/mol. The van der Waals surface area contributed by atoms with Crippen LogP contribution in [-0.4, -0.2) is 49.9 Å². The minimum atomic E-state index is -0.544. The van der Waals surface area contributed by atoms with Crippen molar-refractivity contribution >= 4 is 78.1 Å². The number of amides is 2. The molecule has 0 aliphatic carbocycles. The van der Waals surface area contributed by atoms with E-state index in [1.54, 1.807) is 22.6 Å². The summed E-state index contributed by atoms with van der Waals surface area (Å²) in [6.07, 6.45) is 0.193. The number of pyridine rings is 1. The second kappa shape index (κ2) is 14.2. The predicted octanol–water partition coefficient (Wildman–Crippen LogP) is 10.5. The number of aromatic nitrogens is 8. The molecular formula is C56H33N9O3. The Bertz CT molecular complexity index is 4280. The van der Waals surface area contributed by atoms with Crippen molar-refractivity contribution in [1.82, 2.24) is 38.0 Å². The van der Waals surface area contributed by atoms with Crippen LogP contribution in [0.3, 0.4) is 0 Å². The second-order valence-corrected chi connectivity index (χ2v) is 16.9. The molecule has 0 fully saturated rings. The molecule has 13 aromatic rings. The fourth-order valence-electron chi connectivity index (χ4n) is 10.3. The van der Waals surface area contributed by atoms with Crippen LogP contribution in [0.15, 0.2) is 193 Å². The van der Waals surface area contributed by atoms with Gasteiger partial charge >= 0.3 is 0 Å². The lowest BCUT2D eigenvalue weighted by atomic mass is 9.90. The van der Waals surface area contributed by atoms with E-state index in [0.29, 0.717) is 55.7 Å². The molecule has 0 radical (unpaired) electrons.